The van der Waals surface area contributed by atoms with Gasteiger partial charge in [0.05, 0.1) is 25.8 Å². The number of hydrogen-bond acceptors (Lipinski definition) is 5. The molecule has 0 spiro atoms. The van der Waals surface area contributed by atoms with E-state index >= 15 is 0 Å². The zero-order valence-corrected chi connectivity index (χ0v) is 16.3. The molecule has 5 heterocycles. The summed E-state index contributed by atoms with van der Waals surface area (Å²) in [5.74, 6) is -0.781. The molecule has 6 heteroatoms. The molecule has 3 saturated heterocycles. The minimum absolute atomic E-state index is 0.0492. The van der Waals surface area contributed by atoms with Gasteiger partial charge in [-0.3, -0.25) is 14.5 Å². The third-order valence-electron chi connectivity index (χ3n) is 7.27. The van der Waals surface area contributed by atoms with Crippen LogP contribution in [0.2, 0.25) is 0 Å². The van der Waals surface area contributed by atoms with Gasteiger partial charge < -0.3 is 14.4 Å². The average molecular weight is 380 g/mol. The standard InChI is InChI=1S/C22H24N2O4/c1-4-12-10-24-16-9-14(12)22(11-25,21(27)28-3)20(24)19(26)17-13-7-5-6-8-15(13)23(2)18(16)17/h4-8,14,16,20,25H,9-11H2,1-3H3/b12-4-/t14-,16-,20-,22?/m0/s1. The van der Waals surface area contributed by atoms with Crippen molar-refractivity contribution in [2.24, 2.45) is 18.4 Å². The summed E-state index contributed by atoms with van der Waals surface area (Å²) in [7, 11) is 3.34. The van der Waals surface area contributed by atoms with Crippen molar-refractivity contribution in [3.63, 3.8) is 0 Å². The Bertz CT molecular complexity index is 1050. The second-order valence-corrected chi connectivity index (χ2v) is 8.13. The summed E-state index contributed by atoms with van der Waals surface area (Å²) in [5, 5.41) is 11.4. The first kappa shape index (κ1) is 17.6. The van der Waals surface area contributed by atoms with Gasteiger partial charge in [0.15, 0.2) is 5.78 Å². The Labute approximate surface area is 163 Å². The number of hydrogen-bond donors (Lipinski definition) is 1. The zero-order chi connectivity index (χ0) is 19.8. The highest BCUT2D eigenvalue weighted by atomic mass is 16.5. The Morgan fingerprint density at radius 3 is 2.82 bits per heavy atom. The molecule has 2 unspecified atom stereocenters. The van der Waals surface area contributed by atoms with Gasteiger partial charge in [0.1, 0.15) is 5.41 Å². The fraction of sp³-hybridized carbons (Fsp3) is 0.455. The number of aromatic nitrogens is 1. The maximum atomic E-state index is 13.8. The number of Topliss-reactive ketones (excluding diaryl/α,β-unsaturated/α-hetero) is 1. The van der Waals surface area contributed by atoms with Crippen LogP contribution in [0.25, 0.3) is 10.9 Å². The van der Waals surface area contributed by atoms with Crippen LogP contribution in [0.15, 0.2) is 35.9 Å². The van der Waals surface area contributed by atoms with Crippen molar-refractivity contribution in [2.75, 3.05) is 20.3 Å². The molecule has 2 aromatic rings. The fourth-order valence-corrected chi connectivity index (χ4v) is 6.09. The maximum absolute atomic E-state index is 13.8. The molecule has 0 radical (unpaired) electrons. The number of carbonyl (C=O) groups is 2. The minimum Gasteiger partial charge on any atom is -0.468 e. The SMILES string of the molecule is C/C=C1/CN2[C@H]3C(=O)c4c(n(C)c5ccccc45)[C@@H]2C[C@@H]1C3(CO)C(=O)OC. The minimum atomic E-state index is -1.25. The van der Waals surface area contributed by atoms with Crippen LogP contribution in [0.4, 0.5) is 0 Å². The smallest absolute Gasteiger partial charge is 0.316 e. The highest BCUT2D eigenvalue weighted by Crippen LogP contribution is 2.59. The number of methoxy groups -OCH3 is 1. The lowest BCUT2D eigenvalue weighted by atomic mass is 9.55. The topological polar surface area (TPSA) is 71.8 Å². The number of ketones is 1. The molecule has 5 atom stereocenters. The van der Waals surface area contributed by atoms with Crippen LogP contribution in [0.5, 0.6) is 0 Å². The molecule has 1 N–H and O–H groups in total. The van der Waals surface area contributed by atoms with Crippen LogP contribution < -0.4 is 0 Å². The third-order valence-corrected chi connectivity index (χ3v) is 7.27. The zero-order valence-electron chi connectivity index (χ0n) is 16.3. The highest BCUT2D eigenvalue weighted by Gasteiger charge is 2.68. The molecular formula is C22H24N2O4. The van der Waals surface area contributed by atoms with Gasteiger partial charge >= 0.3 is 5.97 Å². The van der Waals surface area contributed by atoms with Gasteiger partial charge in [-0.05, 0) is 19.4 Å². The van der Waals surface area contributed by atoms with Gasteiger partial charge in [0, 0.05) is 41.7 Å². The van der Waals surface area contributed by atoms with Gasteiger partial charge in [0.2, 0.25) is 0 Å². The van der Waals surface area contributed by atoms with E-state index < -0.39 is 24.0 Å². The molecular weight excluding hydrogens is 356 g/mol. The molecule has 146 valence electrons. The van der Waals surface area contributed by atoms with Crippen LogP contribution >= 0.6 is 0 Å². The molecule has 4 aliphatic heterocycles. The van der Waals surface area contributed by atoms with Crippen LogP contribution in [-0.4, -0.2) is 52.6 Å². The van der Waals surface area contributed by atoms with Crippen LogP contribution in [0, 0.1) is 11.3 Å². The number of aryl methyl sites for hydroxylation is 1. The van der Waals surface area contributed by atoms with E-state index in [9.17, 15) is 14.7 Å². The lowest BCUT2D eigenvalue weighted by Gasteiger charge is -2.61. The van der Waals surface area contributed by atoms with Gasteiger partial charge in [-0.25, -0.2) is 0 Å². The molecule has 0 aliphatic carbocycles. The second kappa shape index (κ2) is 5.78. The Kier molecular flexibility index (Phi) is 3.64. The molecule has 0 saturated carbocycles. The number of allylic oxidation sites excluding steroid dienone is 1. The van der Waals surface area contributed by atoms with Gasteiger partial charge in [0.25, 0.3) is 0 Å². The summed E-state index contributed by atoms with van der Waals surface area (Å²) in [6.45, 7) is 2.19. The van der Waals surface area contributed by atoms with Gasteiger partial charge in [-0.15, -0.1) is 0 Å². The van der Waals surface area contributed by atoms with E-state index in [0.29, 0.717) is 18.5 Å². The normalized spacial score (nSPS) is 34.7. The summed E-state index contributed by atoms with van der Waals surface area (Å²) in [6, 6.07) is 7.25. The van der Waals surface area contributed by atoms with Crippen molar-refractivity contribution >= 4 is 22.7 Å². The van der Waals surface area contributed by atoms with E-state index in [-0.39, 0.29) is 17.7 Å². The molecule has 4 aliphatic rings. The third kappa shape index (κ3) is 1.80. The van der Waals surface area contributed by atoms with Crippen LogP contribution in [0.3, 0.4) is 0 Å². The van der Waals surface area contributed by atoms with Crippen LogP contribution in [-0.2, 0) is 16.6 Å². The first-order valence-electron chi connectivity index (χ1n) is 9.72. The Morgan fingerprint density at radius 1 is 1.39 bits per heavy atom. The van der Waals surface area contributed by atoms with Crippen molar-refractivity contribution in [1.29, 1.82) is 0 Å². The molecule has 3 fully saturated rings. The van der Waals surface area contributed by atoms with E-state index in [4.69, 9.17) is 4.74 Å². The predicted molar refractivity (Wildman–Crippen MR) is 104 cm³/mol. The van der Waals surface area contributed by atoms with Crippen molar-refractivity contribution < 1.29 is 19.4 Å². The number of fused-ring (bicyclic) bond motifs is 4. The quantitative estimate of drug-likeness (QED) is 0.639. The summed E-state index contributed by atoms with van der Waals surface area (Å²) in [4.78, 5) is 29.0. The number of carbonyl (C=O) groups excluding carboxylic acids is 2. The van der Waals surface area contributed by atoms with Crippen LogP contribution in [0.1, 0.15) is 35.4 Å². The maximum Gasteiger partial charge on any atom is 0.316 e. The lowest BCUT2D eigenvalue weighted by molar-refractivity contribution is -0.177. The molecule has 6 rings (SSSR count). The van der Waals surface area contributed by atoms with E-state index in [0.717, 1.165) is 22.2 Å². The van der Waals surface area contributed by atoms with E-state index in [1.165, 1.54) is 7.11 Å². The number of benzene rings is 1. The predicted octanol–water partition coefficient (Wildman–Crippen LogP) is 2.22. The Balaban J connectivity index is 1.82. The van der Waals surface area contributed by atoms with Gasteiger partial charge in [-0.2, -0.15) is 0 Å². The van der Waals surface area contributed by atoms with E-state index in [2.05, 4.69) is 9.47 Å². The van der Waals surface area contributed by atoms with Crippen molar-refractivity contribution in [1.82, 2.24) is 9.47 Å². The lowest BCUT2D eigenvalue weighted by Crippen LogP contribution is -2.71. The number of esters is 1. The number of rotatable bonds is 2. The molecule has 0 amide bonds. The molecule has 6 nitrogen and oxygen atoms in total. The molecule has 4 bridgehead atoms. The second-order valence-electron chi connectivity index (χ2n) is 8.13. The fourth-order valence-electron chi connectivity index (χ4n) is 6.09. The number of piperidine rings is 3. The number of ether oxygens (including phenoxy) is 1. The first-order valence-corrected chi connectivity index (χ1v) is 9.72. The number of para-hydroxylation sites is 1. The van der Waals surface area contributed by atoms with Gasteiger partial charge in [-0.1, -0.05) is 29.8 Å². The van der Waals surface area contributed by atoms with Crippen molar-refractivity contribution in [3.8, 4) is 0 Å². The summed E-state index contributed by atoms with van der Waals surface area (Å²) in [6.07, 6.45) is 2.71. The van der Waals surface area contributed by atoms with Crippen molar-refractivity contribution in [2.45, 2.75) is 25.4 Å². The molecule has 1 aromatic heterocycles. The number of aliphatic hydroxyl groups excluding tert-OH is 1. The Morgan fingerprint density at radius 2 is 2.14 bits per heavy atom. The summed E-state index contributed by atoms with van der Waals surface area (Å²) >= 11 is 0. The average Bonchev–Trinajstić information content (AvgIpc) is 3.04. The number of aliphatic hydroxyl groups is 1. The van der Waals surface area contributed by atoms with E-state index in [1.54, 1.807) is 0 Å². The molecule has 28 heavy (non-hydrogen) atoms. The van der Waals surface area contributed by atoms with E-state index in [1.807, 2.05) is 44.3 Å². The summed E-state index contributed by atoms with van der Waals surface area (Å²) < 4.78 is 7.26. The van der Waals surface area contributed by atoms with Crippen molar-refractivity contribution in [3.05, 3.63) is 47.2 Å². The largest absolute Gasteiger partial charge is 0.468 e. The summed E-state index contributed by atoms with van der Waals surface area (Å²) in [5.41, 5.74) is 2.59. The molecule has 1 aromatic carbocycles. The monoisotopic (exact) mass is 380 g/mol. The number of nitrogens with zero attached hydrogens (tertiary/aromatic N) is 2. The highest BCUT2D eigenvalue weighted by molar-refractivity contribution is 6.15. The first-order chi connectivity index (χ1) is 13.5. The Hall–Kier alpha value is -2.44.